The lowest BCUT2D eigenvalue weighted by Gasteiger charge is -2.15. The first-order chi connectivity index (χ1) is 11.8. The molecular formula is C17H30N2O5S. The van der Waals surface area contributed by atoms with E-state index >= 15 is 0 Å². The smallest absolute Gasteiger partial charge is 0.326 e. The van der Waals surface area contributed by atoms with Gasteiger partial charge in [0, 0.05) is 19.9 Å². The topological polar surface area (TPSA) is 113 Å². The molecule has 0 aliphatic carbocycles. The number of hydrogen-bond donors (Lipinski definition) is 3. The van der Waals surface area contributed by atoms with Gasteiger partial charge >= 0.3 is 5.97 Å². The molecule has 3 N–H and O–H groups in total. The maximum absolute atomic E-state index is 11.8. The zero-order valence-electron chi connectivity index (χ0n) is 15.3. The second-order valence-electron chi connectivity index (χ2n) is 6.14. The van der Waals surface area contributed by atoms with Crippen molar-refractivity contribution in [2.75, 3.05) is 12.3 Å². The third-order valence-corrected chi connectivity index (χ3v) is 4.66. The SMILES string of the molecule is CCC(C)CCC(=O)N[C@@H](CCCCNC(=O)CSC(C)=O)C(=O)O. The van der Waals surface area contributed by atoms with Crippen LogP contribution in [0.4, 0.5) is 0 Å². The van der Waals surface area contributed by atoms with Crippen LogP contribution < -0.4 is 10.6 Å². The molecule has 0 aromatic heterocycles. The van der Waals surface area contributed by atoms with Crippen LogP contribution in [0, 0.1) is 5.92 Å². The Bertz CT molecular complexity index is 456. The van der Waals surface area contributed by atoms with Crippen molar-refractivity contribution in [1.82, 2.24) is 10.6 Å². The van der Waals surface area contributed by atoms with Crippen LogP contribution in [0.25, 0.3) is 0 Å². The quantitative estimate of drug-likeness (QED) is 0.425. The van der Waals surface area contributed by atoms with Crippen molar-refractivity contribution in [2.24, 2.45) is 5.92 Å². The second kappa shape index (κ2) is 13.7. The van der Waals surface area contributed by atoms with E-state index in [4.69, 9.17) is 0 Å². The van der Waals surface area contributed by atoms with E-state index < -0.39 is 12.0 Å². The lowest BCUT2D eigenvalue weighted by Crippen LogP contribution is -2.40. The predicted molar refractivity (Wildman–Crippen MR) is 98.3 cm³/mol. The van der Waals surface area contributed by atoms with E-state index in [-0.39, 0.29) is 22.7 Å². The Balaban J connectivity index is 3.97. The number of carbonyl (C=O) groups excluding carboxylic acids is 3. The normalized spacial score (nSPS) is 12.9. The molecule has 144 valence electrons. The average molecular weight is 375 g/mol. The molecule has 0 spiro atoms. The van der Waals surface area contributed by atoms with Crippen molar-refractivity contribution >= 4 is 34.7 Å². The predicted octanol–water partition coefficient (Wildman–Crippen LogP) is 1.95. The van der Waals surface area contributed by atoms with Crippen molar-refractivity contribution in [3.8, 4) is 0 Å². The Kier molecular flexibility index (Phi) is 12.8. The summed E-state index contributed by atoms with van der Waals surface area (Å²) in [5.74, 6) is -0.951. The molecule has 0 rings (SSSR count). The lowest BCUT2D eigenvalue weighted by molar-refractivity contribution is -0.142. The monoisotopic (exact) mass is 374 g/mol. The van der Waals surface area contributed by atoms with E-state index in [2.05, 4.69) is 24.5 Å². The molecule has 0 aliphatic rings. The van der Waals surface area contributed by atoms with Gasteiger partial charge in [-0.3, -0.25) is 14.4 Å². The number of carboxylic acids is 1. The molecule has 0 saturated heterocycles. The van der Waals surface area contributed by atoms with Gasteiger partial charge in [0.05, 0.1) is 5.75 Å². The van der Waals surface area contributed by atoms with E-state index in [1.807, 2.05) is 0 Å². The van der Waals surface area contributed by atoms with Gasteiger partial charge in [-0.1, -0.05) is 32.0 Å². The zero-order valence-corrected chi connectivity index (χ0v) is 16.1. The van der Waals surface area contributed by atoms with Crippen molar-refractivity contribution in [3.05, 3.63) is 0 Å². The molecule has 0 aromatic carbocycles. The Hall–Kier alpha value is -1.57. The minimum absolute atomic E-state index is 0.0966. The molecule has 0 saturated carbocycles. The molecule has 2 atom stereocenters. The van der Waals surface area contributed by atoms with Gasteiger partial charge in [-0.2, -0.15) is 0 Å². The van der Waals surface area contributed by atoms with Gasteiger partial charge < -0.3 is 15.7 Å². The number of amides is 2. The number of hydrogen-bond acceptors (Lipinski definition) is 5. The fourth-order valence-electron chi connectivity index (χ4n) is 2.02. The van der Waals surface area contributed by atoms with Gasteiger partial charge in [-0.15, -0.1) is 0 Å². The lowest BCUT2D eigenvalue weighted by atomic mass is 10.0. The summed E-state index contributed by atoms with van der Waals surface area (Å²) in [7, 11) is 0. The van der Waals surface area contributed by atoms with E-state index in [1.54, 1.807) is 0 Å². The molecular weight excluding hydrogens is 344 g/mol. The van der Waals surface area contributed by atoms with E-state index in [0.717, 1.165) is 24.6 Å². The molecule has 1 unspecified atom stereocenters. The highest BCUT2D eigenvalue weighted by atomic mass is 32.2. The van der Waals surface area contributed by atoms with Gasteiger partial charge in [0.25, 0.3) is 0 Å². The average Bonchev–Trinajstić information content (AvgIpc) is 2.56. The van der Waals surface area contributed by atoms with Gasteiger partial charge in [0.15, 0.2) is 5.12 Å². The van der Waals surface area contributed by atoms with Crippen molar-refractivity contribution in [3.63, 3.8) is 0 Å². The molecule has 0 heterocycles. The maximum Gasteiger partial charge on any atom is 0.326 e. The third-order valence-electron chi connectivity index (χ3n) is 3.84. The third kappa shape index (κ3) is 13.4. The van der Waals surface area contributed by atoms with Gasteiger partial charge in [-0.25, -0.2) is 4.79 Å². The van der Waals surface area contributed by atoms with Crippen molar-refractivity contribution in [1.29, 1.82) is 0 Å². The second-order valence-corrected chi connectivity index (χ2v) is 7.29. The number of rotatable bonds is 13. The zero-order chi connectivity index (χ0) is 19.2. The number of unbranched alkanes of at least 4 members (excludes halogenated alkanes) is 1. The Labute approximate surface area is 153 Å². The first kappa shape index (κ1) is 23.4. The molecule has 0 aliphatic heterocycles. The summed E-state index contributed by atoms with van der Waals surface area (Å²) in [5, 5.41) is 14.3. The molecule has 7 nitrogen and oxygen atoms in total. The van der Waals surface area contributed by atoms with Crippen LogP contribution in [0.15, 0.2) is 0 Å². The van der Waals surface area contributed by atoms with Gasteiger partial charge in [0.2, 0.25) is 11.8 Å². The summed E-state index contributed by atoms with van der Waals surface area (Å²) in [6.07, 6.45) is 3.59. The highest BCUT2D eigenvalue weighted by molar-refractivity contribution is 8.14. The fourth-order valence-corrected chi connectivity index (χ4v) is 2.46. The molecule has 25 heavy (non-hydrogen) atoms. The molecule has 0 radical (unpaired) electrons. The van der Waals surface area contributed by atoms with Crippen LogP contribution in [0.5, 0.6) is 0 Å². The van der Waals surface area contributed by atoms with Crippen LogP contribution in [0.2, 0.25) is 0 Å². The van der Waals surface area contributed by atoms with Crippen molar-refractivity contribution < 1.29 is 24.3 Å². The summed E-state index contributed by atoms with van der Waals surface area (Å²) in [6, 6.07) is -0.895. The summed E-state index contributed by atoms with van der Waals surface area (Å²) < 4.78 is 0. The van der Waals surface area contributed by atoms with E-state index in [1.165, 1.54) is 6.92 Å². The van der Waals surface area contributed by atoms with Crippen LogP contribution in [0.3, 0.4) is 0 Å². The number of thioether (sulfide) groups is 1. The summed E-state index contributed by atoms with van der Waals surface area (Å²) in [6.45, 7) is 5.94. The van der Waals surface area contributed by atoms with Crippen molar-refractivity contribution in [2.45, 2.75) is 65.3 Å². The Morgan fingerprint density at radius 2 is 1.76 bits per heavy atom. The van der Waals surface area contributed by atoms with Gasteiger partial charge in [-0.05, 0) is 31.6 Å². The number of aliphatic carboxylic acids is 1. The fraction of sp³-hybridized carbons (Fsp3) is 0.765. The number of carboxylic acid groups (broad SMARTS) is 1. The summed E-state index contributed by atoms with van der Waals surface area (Å²) >= 11 is 0.951. The minimum Gasteiger partial charge on any atom is -0.480 e. The first-order valence-electron chi connectivity index (χ1n) is 8.68. The maximum atomic E-state index is 11.8. The van der Waals surface area contributed by atoms with E-state index in [9.17, 15) is 24.3 Å². The van der Waals surface area contributed by atoms with Crippen LogP contribution in [-0.4, -0.2) is 46.3 Å². The Morgan fingerprint density at radius 1 is 1.08 bits per heavy atom. The number of nitrogens with one attached hydrogen (secondary N) is 2. The Morgan fingerprint density at radius 3 is 2.32 bits per heavy atom. The number of carbonyl (C=O) groups is 4. The minimum atomic E-state index is -1.04. The molecule has 2 amide bonds. The largest absolute Gasteiger partial charge is 0.480 e. The van der Waals surface area contributed by atoms with Crippen LogP contribution in [0.1, 0.15) is 59.3 Å². The molecule has 0 fully saturated rings. The molecule has 0 bridgehead atoms. The van der Waals surface area contributed by atoms with Gasteiger partial charge in [0.1, 0.15) is 6.04 Å². The molecule has 8 heteroatoms. The van der Waals surface area contributed by atoms with Crippen LogP contribution in [-0.2, 0) is 19.2 Å². The molecule has 0 aromatic rings. The summed E-state index contributed by atoms with van der Waals surface area (Å²) in [4.78, 5) is 45.2. The van der Waals surface area contributed by atoms with E-state index in [0.29, 0.717) is 38.1 Å². The highest BCUT2D eigenvalue weighted by Crippen LogP contribution is 2.09. The standard InChI is InChI=1S/C17H30N2O5S/c1-4-12(2)8-9-15(21)19-14(17(23)24)7-5-6-10-18-16(22)11-25-13(3)20/h12,14H,4-11H2,1-3H3,(H,18,22)(H,19,21)(H,23,24)/t12?,14-/m0/s1. The van der Waals surface area contributed by atoms with Crippen LogP contribution >= 0.6 is 11.8 Å². The highest BCUT2D eigenvalue weighted by Gasteiger charge is 2.19. The summed E-state index contributed by atoms with van der Waals surface area (Å²) in [5.41, 5.74) is 0. The first-order valence-corrected chi connectivity index (χ1v) is 9.67.